The highest BCUT2D eigenvalue weighted by Crippen LogP contribution is 2.30. The van der Waals surface area contributed by atoms with Crippen LogP contribution in [0.5, 0.6) is 0 Å². The Hall–Kier alpha value is -4.15. The number of aromatic amines is 1. The van der Waals surface area contributed by atoms with Gasteiger partial charge in [0.15, 0.2) is 5.69 Å². The SMILES string of the molecule is Cc1ccc(C(=O)Nc2cccc(C(F)(F)F)c2)cc1NC(=O)c1[nH]cnc1C(N)=O. The zero-order valence-electron chi connectivity index (χ0n) is 16.0. The van der Waals surface area contributed by atoms with Gasteiger partial charge in [-0.25, -0.2) is 4.98 Å². The summed E-state index contributed by atoms with van der Waals surface area (Å²) in [6.45, 7) is 1.67. The molecule has 31 heavy (non-hydrogen) atoms. The number of amides is 3. The number of benzene rings is 2. The van der Waals surface area contributed by atoms with Crippen LogP contribution in [0.25, 0.3) is 0 Å². The number of halogens is 3. The lowest BCUT2D eigenvalue weighted by Crippen LogP contribution is -2.21. The van der Waals surface area contributed by atoms with Crippen LogP contribution < -0.4 is 16.4 Å². The van der Waals surface area contributed by atoms with Gasteiger partial charge in [-0.2, -0.15) is 13.2 Å². The van der Waals surface area contributed by atoms with Crippen LogP contribution in [0, 0.1) is 6.92 Å². The molecule has 5 N–H and O–H groups in total. The molecule has 3 aromatic rings. The van der Waals surface area contributed by atoms with Crippen LogP contribution in [-0.4, -0.2) is 27.7 Å². The molecule has 0 aliphatic heterocycles. The summed E-state index contributed by atoms with van der Waals surface area (Å²) in [5, 5.41) is 4.94. The van der Waals surface area contributed by atoms with E-state index in [1.807, 2.05) is 0 Å². The smallest absolute Gasteiger partial charge is 0.364 e. The van der Waals surface area contributed by atoms with Gasteiger partial charge in [-0.15, -0.1) is 0 Å². The second-order valence-corrected chi connectivity index (χ2v) is 6.51. The van der Waals surface area contributed by atoms with Gasteiger partial charge in [0.25, 0.3) is 17.7 Å². The van der Waals surface area contributed by atoms with Gasteiger partial charge in [0.1, 0.15) is 5.69 Å². The Balaban J connectivity index is 1.81. The Labute approximate surface area is 173 Å². The first-order valence-electron chi connectivity index (χ1n) is 8.80. The molecule has 1 aromatic heterocycles. The van der Waals surface area contributed by atoms with E-state index in [0.717, 1.165) is 18.5 Å². The van der Waals surface area contributed by atoms with Crippen molar-refractivity contribution in [1.29, 1.82) is 0 Å². The maximum atomic E-state index is 12.9. The van der Waals surface area contributed by atoms with E-state index >= 15 is 0 Å². The predicted molar refractivity (Wildman–Crippen MR) is 106 cm³/mol. The van der Waals surface area contributed by atoms with Crippen LogP contribution in [0.4, 0.5) is 24.5 Å². The molecule has 0 atom stereocenters. The number of hydrogen-bond acceptors (Lipinski definition) is 4. The number of imidazole rings is 1. The summed E-state index contributed by atoms with van der Waals surface area (Å²) in [7, 11) is 0. The molecule has 0 saturated carbocycles. The topological polar surface area (TPSA) is 130 Å². The van der Waals surface area contributed by atoms with E-state index < -0.39 is 29.5 Å². The first-order valence-corrected chi connectivity index (χ1v) is 8.80. The van der Waals surface area contributed by atoms with Gasteiger partial charge in [-0.05, 0) is 42.8 Å². The fraction of sp³-hybridized carbons (Fsp3) is 0.100. The highest BCUT2D eigenvalue weighted by molar-refractivity contribution is 6.11. The molecule has 0 bridgehead atoms. The summed E-state index contributed by atoms with van der Waals surface area (Å²) in [5.41, 5.74) is 4.80. The lowest BCUT2D eigenvalue weighted by Gasteiger charge is -2.12. The maximum absolute atomic E-state index is 12.9. The molecule has 0 aliphatic rings. The Morgan fingerprint density at radius 1 is 1.03 bits per heavy atom. The largest absolute Gasteiger partial charge is 0.416 e. The molecule has 0 aliphatic carbocycles. The van der Waals surface area contributed by atoms with Gasteiger partial charge in [0.2, 0.25) is 0 Å². The van der Waals surface area contributed by atoms with Crippen LogP contribution >= 0.6 is 0 Å². The highest BCUT2D eigenvalue weighted by atomic mass is 19.4. The molecular weight excluding hydrogens is 415 g/mol. The molecule has 8 nitrogen and oxygen atoms in total. The summed E-state index contributed by atoms with van der Waals surface area (Å²) < 4.78 is 38.6. The van der Waals surface area contributed by atoms with E-state index in [4.69, 9.17) is 5.73 Å². The highest BCUT2D eigenvalue weighted by Gasteiger charge is 2.30. The average Bonchev–Trinajstić information content (AvgIpc) is 3.19. The van der Waals surface area contributed by atoms with Crippen LogP contribution in [0.1, 0.15) is 42.5 Å². The van der Waals surface area contributed by atoms with Gasteiger partial charge >= 0.3 is 6.18 Å². The number of primary amides is 1. The molecule has 3 amide bonds. The van der Waals surface area contributed by atoms with E-state index in [1.54, 1.807) is 13.0 Å². The Kier molecular flexibility index (Phi) is 5.77. The van der Waals surface area contributed by atoms with Crippen LogP contribution in [0.3, 0.4) is 0 Å². The molecule has 3 rings (SSSR count). The van der Waals surface area contributed by atoms with E-state index in [0.29, 0.717) is 5.56 Å². The molecule has 0 saturated heterocycles. The Morgan fingerprint density at radius 3 is 2.45 bits per heavy atom. The van der Waals surface area contributed by atoms with Crippen molar-refractivity contribution in [2.75, 3.05) is 10.6 Å². The molecule has 160 valence electrons. The number of H-pyrrole nitrogens is 1. The van der Waals surface area contributed by atoms with E-state index in [-0.39, 0.29) is 28.3 Å². The van der Waals surface area contributed by atoms with Crippen molar-refractivity contribution < 1.29 is 27.6 Å². The average molecular weight is 431 g/mol. The number of nitrogens with zero attached hydrogens (tertiary/aromatic N) is 1. The molecule has 11 heteroatoms. The van der Waals surface area contributed by atoms with Gasteiger partial charge in [0, 0.05) is 16.9 Å². The molecule has 0 fully saturated rings. The van der Waals surface area contributed by atoms with Crippen LogP contribution in [-0.2, 0) is 6.18 Å². The van der Waals surface area contributed by atoms with E-state index in [9.17, 15) is 27.6 Å². The number of nitrogens with two attached hydrogens (primary N) is 1. The summed E-state index contributed by atoms with van der Waals surface area (Å²) >= 11 is 0. The normalized spacial score (nSPS) is 11.1. The third-order valence-corrected chi connectivity index (χ3v) is 4.30. The Bertz CT molecular complexity index is 1170. The summed E-state index contributed by atoms with van der Waals surface area (Å²) in [6, 6.07) is 8.59. The first-order chi connectivity index (χ1) is 14.6. The van der Waals surface area contributed by atoms with E-state index in [2.05, 4.69) is 20.6 Å². The summed E-state index contributed by atoms with van der Waals surface area (Å²) in [6.07, 6.45) is -3.40. The second kappa shape index (κ2) is 8.30. The number of anilines is 2. The molecular formula is C20H16F3N5O3. The van der Waals surface area contributed by atoms with Crippen molar-refractivity contribution in [2.45, 2.75) is 13.1 Å². The predicted octanol–water partition coefficient (Wildman–Crippen LogP) is 3.34. The molecule has 0 spiro atoms. The number of aryl methyl sites for hydroxylation is 1. The van der Waals surface area contributed by atoms with Crippen LogP contribution in [0.2, 0.25) is 0 Å². The standard InChI is InChI=1S/C20H16F3N5O3/c1-10-5-6-11(18(30)27-13-4-2-3-12(8-13)20(21,22)23)7-14(10)28-19(31)16-15(17(24)29)25-9-26-16/h2-9H,1H3,(H2,24,29)(H,25,26)(H,27,30)(H,28,31). The third-order valence-electron chi connectivity index (χ3n) is 4.30. The van der Waals surface area contributed by atoms with Crippen molar-refractivity contribution in [2.24, 2.45) is 5.73 Å². The summed E-state index contributed by atoms with van der Waals surface area (Å²) in [4.78, 5) is 42.5. The quantitative estimate of drug-likeness (QED) is 0.494. The Morgan fingerprint density at radius 2 is 1.77 bits per heavy atom. The van der Waals surface area contributed by atoms with Gasteiger partial charge in [-0.3, -0.25) is 14.4 Å². The minimum atomic E-state index is -4.54. The van der Waals surface area contributed by atoms with Crippen LogP contribution in [0.15, 0.2) is 48.8 Å². The summed E-state index contributed by atoms with van der Waals surface area (Å²) in [5.74, 6) is -2.27. The first kappa shape index (κ1) is 21.6. The number of nitrogens with one attached hydrogen (secondary N) is 3. The lowest BCUT2D eigenvalue weighted by atomic mass is 10.1. The zero-order chi connectivity index (χ0) is 22.8. The number of rotatable bonds is 5. The number of alkyl halides is 3. The van der Waals surface area contributed by atoms with Crippen molar-refractivity contribution in [3.63, 3.8) is 0 Å². The minimum Gasteiger partial charge on any atom is -0.364 e. The number of carbonyl (C=O) groups excluding carboxylic acids is 3. The van der Waals surface area contributed by atoms with Crippen molar-refractivity contribution in [1.82, 2.24) is 9.97 Å². The number of carbonyl (C=O) groups is 3. The third kappa shape index (κ3) is 4.89. The number of aromatic nitrogens is 2. The fourth-order valence-corrected chi connectivity index (χ4v) is 2.71. The number of hydrogen-bond donors (Lipinski definition) is 4. The fourth-order valence-electron chi connectivity index (χ4n) is 2.71. The maximum Gasteiger partial charge on any atom is 0.416 e. The molecule has 2 aromatic carbocycles. The van der Waals surface area contributed by atoms with Crippen molar-refractivity contribution in [3.05, 3.63) is 76.9 Å². The van der Waals surface area contributed by atoms with E-state index in [1.165, 1.54) is 24.3 Å². The van der Waals surface area contributed by atoms with Gasteiger partial charge < -0.3 is 21.4 Å². The molecule has 1 heterocycles. The second-order valence-electron chi connectivity index (χ2n) is 6.51. The van der Waals surface area contributed by atoms with Crippen molar-refractivity contribution >= 4 is 29.1 Å². The zero-order valence-corrected chi connectivity index (χ0v) is 16.0. The van der Waals surface area contributed by atoms with Gasteiger partial charge in [0.05, 0.1) is 11.9 Å². The van der Waals surface area contributed by atoms with Crippen molar-refractivity contribution in [3.8, 4) is 0 Å². The molecule has 0 unspecified atom stereocenters. The monoisotopic (exact) mass is 431 g/mol. The molecule has 0 radical (unpaired) electrons. The van der Waals surface area contributed by atoms with Gasteiger partial charge in [-0.1, -0.05) is 12.1 Å². The minimum absolute atomic E-state index is 0.0328. The lowest BCUT2D eigenvalue weighted by molar-refractivity contribution is -0.137.